The zero-order chi connectivity index (χ0) is 21.3. The van der Waals surface area contributed by atoms with Gasteiger partial charge in [-0.2, -0.15) is 0 Å². The van der Waals surface area contributed by atoms with Crippen LogP contribution in [0.3, 0.4) is 0 Å². The molecule has 1 aromatic heterocycles. The fourth-order valence-corrected chi connectivity index (χ4v) is 4.24. The van der Waals surface area contributed by atoms with Crippen LogP contribution >= 0.6 is 11.8 Å². The third-order valence-electron chi connectivity index (χ3n) is 4.76. The van der Waals surface area contributed by atoms with E-state index >= 15 is 0 Å². The Labute approximate surface area is 173 Å². The van der Waals surface area contributed by atoms with Gasteiger partial charge < -0.3 is 10.3 Å². The Kier molecular flexibility index (Phi) is 5.32. The SMILES string of the molecule is O=C1CC(c2ccccc2[N+](=O)[O-])c2c(nc(SCc3ccccc3F)[nH]c2=O)N1. The van der Waals surface area contributed by atoms with Crippen LogP contribution in [0.2, 0.25) is 0 Å². The molecule has 1 atom stereocenters. The van der Waals surface area contributed by atoms with Crippen molar-refractivity contribution in [3.05, 3.63) is 91.5 Å². The summed E-state index contributed by atoms with van der Waals surface area (Å²) in [6, 6.07) is 12.3. The summed E-state index contributed by atoms with van der Waals surface area (Å²) in [7, 11) is 0. The van der Waals surface area contributed by atoms with Gasteiger partial charge in [-0.15, -0.1) is 0 Å². The molecule has 0 spiro atoms. The number of carbonyl (C=O) groups is 1. The van der Waals surface area contributed by atoms with Crippen molar-refractivity contribution in [2.24, 2.45) is 0 Å². The number of benzene rings is 2. The van der Waals surface area contributed by atoms with Gasteiger partial charge in [0.1, 0.15) is 11.6 Å². The molecule has 0 saturated heterocycles. The van der Waals surface area contributed by atoms with E-state index in [-0.39, 0.29) is 45.8 Å². The Hall–Kier alpha value is -3.53. The van der Waals surface area contributed by atoms with E-state index in [1.165, 1.54) is 24.3 Å². The van der Waals surface area contributed by atoms with Crippen molar-refractivity contribution in [1.82, 2.24) is 9.97 Å². The first-order chi connectivity index (χ1) is 14.4. The number of aromatic nitrogens is 2. The number of hydrogen-bond acceptors (Lipinski definition) is 6. The summed E-state index contributed by atoms with van der Waals surface area (Å²) in [6.45, 7) is 0. The molecule has 4 rings (SSSR count). The van der Waals surface area contributed by atoms with Gasteiger partial charge in [0.2, 0.25) is 5.91 Å². The summed E-state index contributed by atoms with van der Waals surface area (Å²) in [6.07, 6.45) is -0.107. The van der Waals surface area contributed by atoms with Crippen LogP contribution in [0.4, 0.5) is 15.9 Å². The number of anilines is 1. The van der Waals surface area contributed by atoms with E-state index in [4.69, 9.17) is 0 Å². The molecule has 1 aliphatic heterocycles. The van der Waals surface area contributed by atoms with Gasteiger partial charge in [0.25, 0.3) is 11.2 Å². The lowest BCUT2D eigenvalue weighted by atomic mass is 9.86. The van der Waals surface area contributed by atoms with E-state index in [1.807, 2.05) is 0 Å². The standard InChI is InChI=1S/C20H15FN4O4S/c21-14-7-3-1-5-11(14)10-30-20-23-18-17(19(27)24-20)13(9-16(26)22-18)12-6-2-4-8-15(12)25(28)29/h1-8,13H,9-10H2,(H2,22,23,24,26,27). The molecule has 1 unspecified atom stereocenters. The minimum absolute atomic E-state index is 0.0641. The molecule has 0 fully saturated rings. The topological polar surface area (TPSA) is 118 Å². The molecule has 0 radical (unpaired) electrons. The molecule has 152 valence electrons. The highest BCUT2D eigenvalue weighted by Gasteiger charge is 2.34. The van der Waals surface area contributed by atoms with Crippen molar-refractivity contribution in [3.8, 4) is 0 Å². The molecule has 10 heteroatoms. The number of nitrogens with one attached hydrogen (secondary N) is 2. The minimum atomic E-state index is -0.794. The highest BCUT2D eigenvalue weighted by molar-refractivity contribution is 7.98. The largest absolute Gasteiger partial charge is 0.310 e. The van der Waals surface area contributed by atoms with Crippen molar-refractivity contribution in [1.29, 1.82) is 0 Å². The van der Waals surface area contributed by atoms with E-state index in [0.29, 0.717) is 5.56 Å². The number of carbonyl (C=O) groups excluding carboxylic acids is 1. The van der Waals surface area contributed by atoms with Gasteiger partial charge in [-0.25, -0.2) is 9.37 Å². The highest BCUT2D eigenvalue weighted by Crippen LogP contribution is 2.38. The second-order valence-corrected chi connectivity index (χ2v) is 7.60. The number of halogens is 1. The molecular weight excluding hydrogens is 411 g/mol. The smallest absolute Gasteiger partial charge is 0.273 e. The predicted molar refractivity (Wildman–Crippen MR) is 109 cm³/mol. The monoisotopic (exact) mass is 426 g/mol. The molecule has 1 amide bonds. The predicted octanol–water partition coefficient (Wildman–Crippen LogP) is 3.58. The Bertz CT molecular complexity index is 1210. The summed E-state index contributed by atoms with van der Waals surface area (Å²) in [5, 5.41) is 14.2. The lowest BCUT2D eigenvalue weighted by Crippen LogP contribution is -2.31. The highest BCUT2D eigenvalue weighted by atomic mass is 32.2. The van der Waals surface area contributed by atoms with E-state index in [0.717, 1.165) is 11.8 Å². The third kappa shape index (κ3) is 3.81. The maximum atomic E-state index is 13.8. The van der Waals surface area contributed by atoms with Gasteiger partial charge >= 0.3 is 0 Å². The van der Waals surface area contributed by atoms with Crippen molar-refractivity contribution in [2.75, 3.05) is 5.32 Å². The molecule has 1 aliphatic rings. The first-order valence-corrected chi connectivity index (χ1v) is 9.96. The zero-order valence-corrected chi connectivity index (χ0v) is 16.2. The maximum Gasteiger partial charge on any atom is 0.273 e. The average molecular weight is 426 g/mol. The number of hydrogen-bond donors (Lipinski definition) is 2. The van der Waals surface area contributed by atoms with Crippen LogP contribution in [0.15, 0.2) is 58.5 Å². The number of H-pyrrole nitrogens is 1. The fraction of sp³-hybridized carbons (Fsp3) is 0.150. The van der Waals surface area contributed by atoms with Crippen molar-refractivity contribution in [3.63, 3.8) is 0 Å². The van der Waals surface area contributed by atoms with Crippen LogP contribution in [0.1, 0.15) is 29.0 Å². The number of amides is 1. The van der Waals surface area contributed by atoms with E-state index < -0.39 is 22.3 Å². The summed E-state index contributed by atoms with van der Waals surface area (Å²) >= 11 is 1.11. The minimum Gasteiger partial charge on any atom is -0.310 e. The van der Waals surface area contributed by atoms with Gasteiger partial charge in [0.15, 0.2) is 5.16 Å². The first-order valence-electron chi connectivity index (χ1n) is 8.97. The van der Waals surface area contributed by atoms with Crippen LogP contribution in [-0.2, 0) is 10.5 Å². The second kappa shape index (κ2) is 8.07. The van der Waals surface area contributed by atoms with Crippen LogP contribution in [0, 0.1) is 15.9 Å². The number of aromatic amines is 1. The molecule has 3 aromatic rings. The molecule has 30 heavy (non-hydrogen) atoms. The van der Waals surface area contributed by atoms with Crippen LogP contribution < -0.4 is 10.9 Å². The van der Waals surface area contributed by atoms with Gasteiger partial charge in [-0.3, -0.25) is 19.7 Å². The molecule has 0 saturated carbocycles. The maximum absolute atomic E-state index is 13.8. The van der Waals surface area contributed by atoms with E-state index in [9.17, 15) is 24.1 Å². The Balaban J connectivity index is 1.71. The number of nitro groups is 1. The lowest BCUT2D eigenvalue weighted by molar-refractivity contribution is -0.385. The van der Waals surface area contributed by atoms with Crippen LogP contribution in [-0.4, -0.2) is 20.8 Å². The van der Waals surface area contributed by atoms with Gasteiger partial charge in [0, 0.05) is 29.7 Å². The average Bonchev–Trinajstić information content (AvgIpc) is 2.72. The number of nitrogens with zero attached hydrogens (tertiary/aromatic N) is 2. The van der Waals surface area contributed by atoms with Gasteiger partial charge in [-0.05, 0) is 11.6 Å². The van der Waals surface area contributed by atoms with Crippen molar-refractivity contribution >= 4 is 29.2 Å². The molecule has 0 aliphatic carbocycles. The van der Waals surface area contributed by atoms with E-state index in [1.54, 1.807) is 24.3 Å². The quantitative estimate of drug-likeness (QED) is 0.279. The zero-order valence-electron chi connectivity index (χ0n) is 15.4. The molecular formula is C20H15FN4O4S. The molecule has 8 nitrogen and oxygen atoms in total. The van der Waals surface area contributed by atoms with Gasteiger partial charge in [0.05, 0.1) is 10.5 Å². The summed E-state index contributed by atoms with van der Waals surface area (Å²) in [5.74, 6) is -1.26. The number of nitro benzene ring substituents is 1. The van der Waals surface area contributed by atoms with Crippen molar-refractivity contribution in [2.45, 2.75) is 23.2 Å². The van der Waals surface area contributed by atoms with E-state index in [2.05, 4.69) is 15.3 Å². The number of fused-ring (bicyclic) bond motifs is 1. The fourth-order valence-electron chi connectivity index (χ4n) is 3.39. The molecule has 2 aromatic carbocycles. The number of thioether (sulfide) groups is 1. The molecule has 2 heterocycles. The normalized spacial score (nSPS) is 15.4. The summed E-state index contributed by atoms with van der Waals surface area (Å²) in [5.41, 5.74) is 0.223. The summed E-state index contributed by atoms with van der Waals surface area (Å²) in [4.78, 5) is 42.9. The second-order valence-electron chi connectivity index (χ2n) is 6.63. The lowest BCUT2D eigenvalue weighted by Gasteiger charge is -2.24. The Morgan fingerprint density at radius 3 is 2.67 bits per heavy atom. The Morgan fingerprint density at radius 2 is 1.90 bits per heavy atom. The third-order valence-corrected chi connectivity index (χ3v) is 5.68. The molecule has 2 N–H and O–H groups in total. The first kappa shape index (κ1) is 19.8. The van der Waals surface area contributed by atoms with Gasteiger partial charge in [-0.1, -0.05) is 48.2 Å². The number of rotatable bonds is 5. The van der Waals surface area contributed by atoms with Crippen LogP contribution in [0.5, 0.6) is 0 Å². The molecule has 0 bridgehead atoms. The van der Waals surface area contributed by atoms with Crippen LogP contribution in [0.25, 0.3) is 0 Å². The summed E-state index contributed by atoms with van der Waals surface area (Å²) < 4.78 is 13.8. The number of para-hydroxylation sites is 1. The Morgan fingerprint density at radius 1 is 1.17 bits per heavy atom. The van der Waals surface area contributed by atoms with Crippen molar-refractivity contribution < 1.29 is 14.1 Å².